The first-order valence-electron chi connectivity index (χ1n) is 9.87. The maximum Gasteiger partial charge on any atom is 0.268 e. The third-order valence-electron chi connectivity index (χ3n) is 4.74. The quantitative estimate of drug-likeness (QED) is 0.516. The van der Waals surface area contributed by atoms with E-state index in [-0.39, 0.29) is 24.1 Å². The van der Waals surface area contributed by atoms with Crippen molar-refractivity contribution in [2.75, 3.05) is 18.0 Å². The van der Waals surface area contributed by atoms with Gasteiger partial charge in [0.15, 0.2) is 11.9 Å². The molecule has 2 aromatic rings. The van der Waals surface area contributed by atoms with Crippen LogP contribution >= 0.6 is 0 Å². The number of aromatic nitrogens is 2. The molecule has 1 aliphatic heterocycles. The van der Waals surface area contributed by atoms with Crippen molar-refractivity contribution < 1.29 is 19.1 Å². The molecular formula is C21H26N4O4. The molecule has 1 aromatic carbocycles. The van der Waals surface area contributed by atoms with Crippen LogP contribution < -0.4 is 15.0 Å². The highest BCUT2D eigenvalue weighted by Gasteiger charge is 2.33. The molecule has 2 amide bonds. The number of ketones is 1. The molecule has 0 radical (unpaired) electrons. The Morgan fingerprint density at radius 2 is 2.14 bits per heavy atom. The van der Waals surface area contributed by atoms with Crippen molar-refractivity contribution in [3.05, 3.63) is 42.5 Å². The maximum atomic E-state index is 12.6. The van der Waals surface area contributed by atoms with Crippen LogP contribution in [0, 0.1) is 0 Å². The van der Waals surface area contributed by atoms with E-state index >= 15 is 0 Å². The van der Waals surface area contributed by atoms with Crippen LogP contribution in [0.15, 0.2) is 36.9 Å². The van der Waals surface area contributed by atoms with Gasteiger partial charge in [0.2, 0.25) is 5.91 Å². The van der Waals surface area contributed by atoms with Crippen LogP contribution in [0.3, 0.4) is 0 Å². The molecule has 2 heterocycles. The number of carbonyl (C=O) groups excluding carboxylic acids is 3. The number of ether oxygens (including phenoxy) is 1. The summed E-state index contributed by atoms with van der Waals surface area (Å²) < 4.78 is 7.58. The summed E-state index contributed by atoms with van der Waals surface area (Å²) in [4.78, 5) is 42.7. The molecular weight excluding hydrogens is 372 g/mol. The van der Waals surface area contributed by atoms with Gasteiger partial charge in [0, 0.05) is 37.5 Å². The van der Waals surface area contributed by atoms with Gasteiger partial charge in [-0.25, -0.2) is 4.98 Å². The molecule has 1 atom stereocenters. The number of nitrogens with zero attached hydrogens (tertiary/aromatic N) is 3. The van der Waals surface area contributed by atoms with Crippen LogP contribution in [0.5, 0.6) is 5.75 Å². The SMILES string of the molecule is CCCC(=O)c1ccc2c(c1)N(CC(=O)NCCCn1ccnc1)C(=O)C(C)O2. The van der Waals surface area contributed by atoms with Gasteiger partial charge in [-0.15, -0.1) is 0 Å². The second-order valence-electron chi connectivity index (χ2n) is 7.04. The Kier molecular flexibility index (Phi) is 6.64. The van der Waals surface area contributed by atoms with Crippen LogP contribution in [-0.2, 0) is 16.1 Å². The predicted octanol–water partition coefficient (Wildman–Crippen LogP) is 2.19. The molecule has 0 saturated carbocycles. The number of hydrogen-bond acceptors (Lipinski definition) is 5. The summed E-state index contributed by atoms with van der Waals surface area (Å²) in [5, 5.41) is 2.84. The summed E-state index contributed by atoms with van der Waals surface area (Å²) in [6.45, 7) is 4.72. The lowest BCUT2D eigenvalue weighted by molar-refractivity contribution is -0.128. The lowest BCUT2D eigenvalue weighted by Crippen LogP contribution is -2.49. The summed E-state index contributed by atoms with van der Waals surface area (Å²) in [6, 6.07) is 5.04. The minimum atomic E-state index is -0.686. The Balaban J connectivity index is 1.66. The van der Waals surface area contributed by atoms with E-state index in [1.54, 1.807) is 37.6 Å². The van der Waals surface area contributed by atoms with Crippen LogP contribution in [0.25, 0.3) is 0 Å². The van der Waals surface area contributed by atoms with Gasteiger partial charge in [0.25, 0.3) is 5.91 Å². The summed E-state index contributed by atoms with van der Waals surface area (Å²) in [7, 11) is 0. The first kappa shape index (κ1) is 20.6. The van der Waals surface area contributed by atoms with Gasteiger partial charge in [-0.1, -0.05) is 6.92 Å². The second kappa shape index (κ2) is 9.36. The van der Waals surface area contributed by atoms with Gasteiger partial charge in [0.1, 0.15) is 12.3 Å². The molecule has 0 saturated heterocycles. The molecule has 1 unspecified atom stereocenters. The zero-order chi connectivity index (χ0) is 20.8. The number of fused-ring (bicyclic) bond motifs is 1. The van der Waals surface area contributed by atoms with Gasteiger partial charge in [0.05, 0.1) is 12.0 Å². The van der Waals surface area contributed by atoms with Crippen molar-refractivity contribution in [1.29, 1.82) is 0 Å². The van der Waals surface area contributed by atoms with Crippen molar-refractivity contribution in [1.82, 2.24) is 14.9 Å². The van der Waals surface area contributed by atoms with Crippen molar-refractivity contribution in [2.45, 2.75) is 45.8 Å². The van der Waals surface area contributed by atoms with Gasteiger partial charge in [-0.05, 0) is 38.0 Å². The van der Waals surface area contributed by atoms with Gasteiger partial charge in [-0.3, -0.25) is 19.3 Å². The van der Waals surface area contributed by atoms with Crippen LogP contribution in [0.2, 0.25) is 0 Å². The number of imidazole rings is 1. The first-order chi connectivity index (χ1) is 14.0. The molecule has 1 aliphatic rings. The number of amides is 2. The molecule has 154 valence electrons. The normalized spacial score (nSPS) is 15.6. The highest BCUT2D eigenvalue weighted by molar-refractivity contribution is 6.05. The fraction of sp³-hybridized carbons (Fsp3) is 0.429. The molecule has 0 bridgehead atoms. The molecule has 8 heteroatoms. The third-order valence-corrected chi connectivity index (χ3v) is 4.74. The standard InChI is InChI=1S/C21H26N4O4/c1-3-5-18(26)16-6-7-19-17(12-16)25(21(28)15(2)29-19)13-20(27)23-8-4-10-24-11-9-22-14-24/h6-7,9,11-12,14-15H,3-5,8,10,13H2,1-2H3,(H,23,27). The van der Waals surface area contributed by atoms with E-state index in [9.17, 15) is 14.4 Å². The monoisotopic (exact) mass is 398 g/mol. The Morgan fingerprint density at radius 3 is 2.86 bits per heavy atom. The van der Waals surface area contributed by atoms with E-state index in [1.807, 2.05) is 17.7 Å². The predicted molar refractivity (Wildman–Crippen MR) is 108 cm³/mol. The average molecular weight is 398 g/mol. The fourth-order valence-electron chi connectivity index (χ4n) is 3.22. The van der Waals surface area contributed by atoms with Crippen LogP contribution in [-0.4, -0.2) is 46.3 Å². The number of carbonyl (C=O) groups is 3. The van der Waals surface area contributed by atoms with E-state index in [0.717, 1.165) is 19.4 Å². The highest BCUT2D eigenvalue weighted by atomic mass is 16.5. The van der Waals surface area contributed by atoms with E-state index in [4.69, 9.17) is 4.74 Å². The second-order valence-corrected chi connectivity index (χ2v) is 7.04. The molecule has 0 aliphatic carbocycles. The van der Waals surface area contributed by atoms with Crippen molar-refractivity contribution in [2.24, 2.45) is 0 Å². The Hall–Kier alpha value is -3.16. The molecule has 1 aromatic heterocycles. The number of benzene rings is 1. The zero-order valence-corrected chi connectivity index (χ0v) is 16.8. The Bertz CT molecular complexity index is 879. The minimum absolute atomic E-state index is 0.00488. The van der Waals surface area contributed by atoms with E-state index in [1.165, 1.54) is 4.90 Å². The zero-order valence-electron chi connectivity index (χ0n) is 16.8. The smallest absolute Gasteiger partial charge is 0.268 e. The van der Waals surface area contributed by atoms with Gasteiger partial charge in [-0.2, -0.15) is 0 Å². The number of aryl methyl sites for hydroxylation is 1. The number of anilines is 1. The average Bonchev–Trinajstić information content (AvgIpc) is 3.22. The number of hydrogen-bond donors (Lipinski definition) is 1. The topological polar surface area (TPSA) is 93.5 Å². The summed E-state index contributed by atoms with van der Waals surface area (Å²) in [6.07, 6.45) is 6.54. The van der Waals surface area contributed by atoms with E-state index < -0.39 is 6.10 Å². The molecule has 8 nitrogen and oxygen atoms in total. The molecule has 29 heavy (non-hydrogen) atoms. The van der Waals surface area contributed by atoms with Crippen molar-refractivity contribution in [3.63, 3.8) is 0 Å². The fourth-order valence-corrected chi connectivity index (χ4v) is 3.22. The van der Waals surface area contributed by atoms with Crippen molar-refractivity contribution in [3.8, 4) is 5.75 Å². The van der Waals surface area contributed by atoms with E-state index in [0.29, 0.717) is 30.0 Å². The van der Waals surface area contributed by atoms with Crippen LogP contribution in [0.1, 0.15) is 43.5 Å². The number of nitrogens with one attached hydrogen (secondary N) is 1. The largest absolute Gasteiger partial charge is 0.479 e. The van der Waals surface area contributed by atoms with Crippen molar-refractivity contribution >= 4 is 23.3 Å². The molecule has 3 rings (SSSR count). The lowest BCUT2D eigenvalue weighted by Gasteiger charge is -2.32. The summed E-state index contributed by atoms with van der Waals surface area (Å²) >= 11 is 0. The maximum absolute atomic E-state index is 12.6. The van der Waals surface area contributed by atoms with Gasteiger partial charge < -0.3 is 14.6 Å². The highest BCUT2D eigenvalue weighted by Crippen LogP contribution is 2.35. The van der Waals surface area contributed by atoms with Gasteiger partial charge >= 0.3 is 0 Å². The third kappa shape index (κ3) is 5.01. The molecule has 1 N–H and O–H groups in total. The lowest BCUT2D eigenvalue weighted by atomic mass is 10.0. The molecule has 0 spiro atoms. The van der Waals surface area contributed by atoms with Crippen LogP contribution in [0.4, 0.5) is 5.69 Å². The molecule has 0 fully saturated rings. The van der Waals surface area contributed by atoms with E-state index in [2.05, 4.69) is 10.3 Å². The minimum Gasteiger partial charge on any atom is -0.479 e. The summed E-state index contributed by atoms with van der Waals surface area (Å²) in [5.74, 6) is -0.0520. The number of Topliss-reactive ketones (excluding diaryl/α,β-unsaturated/α-hetero) is 1. The Labute approximate surface area is 169 Å². The Morgan fingerprint density at radius 1 is 1.31 bits per heavy atom. The number of rotatable bonds is 9. The summed E-state index contributed by atoms with van der Waals surface area (Å²) in [5.41, 5.74) is 0.978. The first-order valence-corrected chi connectivity index (χ1v) is 9.87.